The Hall–Kier alpha value is -2.25. The van der Waals surface area contributed by atoms with Gasteiger partial charge in [-0.05, 0) is 24.6 Å². The number of hydrogen-bond donors (Lipinski definition) is 2. The Morgan fingerprint density at radius 2 is 1.84 bits per heavy atom. The smallest absolute Gasteiger partial charge is 0.234 e. The van der Waals surface area contributed by atoms with Crippen molar-refractivity contribution in [2.24, 2.45) is 7.05 Å². The molecule has 0 aliphatic rings. The third kappa shape index (κ3) is 5.65. The van der Waals surface area contributed by atoms with Crippen molar-refractivity contribution >= 4 is 18.3 Å². The Morgan fingerprint density at radius 1 is 1.16 bits per heavy atom. The summed E-state index contributed by atoms with van der Waals surface area (Å²) < 4.78 is 12.1. The van der Waals surface area contributed by atoms with Gasteiger partial charge in [0, 0.05) is 20.1 Å². The van der Waals surface area contributed by atoms with Crippen molar-refractivity contribution in [1.82, 2.24) is 20.4 Å². The van der Waals surface area contributed by atoms with Gasteiger partial charge in [0.25, 0.3) is 0 Å². The molecule has 1 aromatic carbocycles. The van der Waals surface area contributed by atoms with E-state index in [4.69, 9.17) is 9.47 Å². The third-order valence-electron chi connectivity index (χ3n) is 3.72. The maximum Gasteiger partial charge on any atom is 0.234 e. The Kier molecular flexibility index (Phi) is 8.24. The van der Waals surface area contributed by atoms with Crippen LogP contribution in [0.1, 0.15) is 16.8 Å². The molecular weight excluding hydrogens is 344 g/mol. The molecule has 0 fully saturated rings. The maximum absolute atomic E-state index is 11.9. The number of nitrogens with one attached hydrogen (secondary N) is 2. The van der Waals surface area contributed by atoms with Crippen LogP contribution >= 0.6 is 12.4 Å². The molecule has 1 heterocycles. The zero-order valence-electron chi connectivity index (χ0n) is 15.0. The van der Waals surface area contributed by atoms with Gasteiger partial charge >= 0.3 is 0 Å². The lowest BCUT2D eigenvalue weighted by Gasteiger charge is -2.08. The second-order valence-electron chi connectivity index (χ2n) is 5.43. The van der Waals surface area contributed by atoms with Crippen LogP contribution in [-0.2, 0) is 24.9 Å². The van der Waals surface area contributed by atoms with E-state index in [0.29, 0.717) is 19.0 Å². The van der Waals surface area contributed by atoms with Crippen molar-refractivity contribution < 1.29 is 14.3 Å². The number of aromatic nitrogens is 2. The Morgan fingerprint density at radius 3 is 2.44 bits per heavy atom. The predicted octanol–water partition coefficient (Wildman–Crippen LogP) is 1.57. The molecule has 7 nitrogen and oxygen atoms in total. The van der Waals surface area contributed by atoms with Gasteiger partial charge in [-0.25, -0.2) is 4.68 Å². The van der Waals surface area contributed by atoms with Gasteiger partial charge in [-0.3, -0.25) is 4.79 Å². The highest BCUT2D eigenvalue weighted by atomic mass is 35.5. The molecule has 0 aliphatic carbocycles. The topological polar surface area (TPSA) is 77.4 Å². The Balaban J connectivity index is 0.00000312. The van der Waals surface area contributed by atoms with E-state index in [-0.39, 0.29) is 24.9 Å². The van der Waals surface area contributed by atoms with Crippen LogP contribution in [0.2, 0.25) is 0 Å². The minimum absolute atomic E-state index is 0. The molecule has 1 amide bonds. The summed E-state index contributed by atoms with van der Waals surface area (Å²) in [4.78, 5) is 11.9. The highest BCUT2D eigenvalue weighted by molar-refractivity contribution is 5.85. The summed E-state index contributed by atoms with van der Waals surface area (Å²) in [6.07, 6.45) is 0. The number of hydrogen-bond acceptors (Lipinski definition) is 5. The maximum atomic E-state index is 11.9. The molecule has 138 valence electrons. The number of rotatable bonds is 8. The molecule has 0 spiro atoms. The van der Waals surface area contributed by atoms with E-state index in [1.54, 1.807) is 18.9 Å². The molecule has 0 aliphatic heterocycles. The van der Waals surface area contributed by atoms with Crippen LogP contribution in [-0.4, -0.2) is 36.5 Å². The SMILES string of the molecule is COc1ccc(CNC(=O)CNCc2c(C)nn(C)c2OC)cc1.Cl. The van der Waals surface area contributed by atoms with E-state index in [1.807, 2.05) is 38.2 Å². The molecule has 8 heteroatoms. The Bertz CT molecular complexity index is 686. The molecule has 0 radical (unpaired) electrons. The van der Waals surface area contributed by atoms with E-state index in [2.05, 4.69) is 15.7 Å². The van der Waals surface area contributed by atoms with Gasteiger partial charge in [0.2, 0.25) is 11.8 Å². The molecule has 0 saturated carbocycles. The zero-order valence-corrected chi connectivity index (χ0v) is 15.8. The number of nitrogens with zero attached hydrogens (tertiary/aromatic N) is 2. The first-order chi connectivity index (χ1) is 11.5. The minimum atomic E-state index is -0.0636. The summed E-state index contributed by atoms with van der Waals surface area (Å²) in [5.74, 6) is 1.44. The number of halogens is 1. The first-order valence-corrected chi connectivity index (χ1v) is 7.72. The first kappa shape index (κ1) is 20.8. The quantitative estimate of drug-likeness (QED) is 0.739. The summed E-state index contributed by atoms with van der Waals surface area (Å²) >= 11 is 0. The molecule has 25 heavy (non-hydrogen) atoms. The molecule has 0 saturated heterocycles. The molecular formula is C17H25ClN4O3. The molecule has 1 aromatic heterocycles. The van der Waals surface area contributed by atoms with Crippen molar-refractivity contribution in [3.8, 4) is 11.6 Å². The normalized spacial score (nSPS) is 10.1. The van der Waals surface area contributed by atoms with E-state index in [9.17, 15) is 4.79 Å². The van der Waals surface area contributed by atoms with Gasteiger partial charge in [0.15, 0.2) is 0 Å². The summed E-state index contributed by atoms with van der Waals surface area (Å²) in [6, 6.07) is 7.60. The van der Waals surface area contributed by atoms with Crippen LogP contribution in [0, 0.1) is 6.92 Å². The second kappa shape index (κ2) is 9.90. The largest absolute Gasteiger partial charge is 0.497 e. The van der Waals surface area contributed by atoms with E-state index in [0.717, 1.165) is 22.6 Å². The lowest BCUT2D eigenvalue weighted by molar-refractivity contribution is -0.120. The number of carbonyl (C=O) groups excluding carboxylic acids is 1. The van der Waals surface area contributed by atoms with Crippen molar-refractivity contribution in [1.29, 1.82) is 0 Å². The minimum Gasteiger partial charge on any atom is -0.497 e. The monoisotopic (exact) mass is 368 g/mol. The first-order valence-electron chi connectivity index (χ1n) is 7.72. The number of ether oxygens (including phenoxy) is 2. The number of amides is 1. The summed E-state index contributed by atoms with van der Waals surface area (Å²) in [7, 11) is 5.07. The average molecular weight is 369 g/mol. The van der Waals surface area contributed by atoms with E-state index in [1.165, 1.54) is 0 Å². The van der Waals surface area contributed by atoms with Crippen LogP contribution in [0.5, 0.6) is 11.6 Å². The standard InChI is InChI=1S/C17H24N4O3.ClH/c1-12-15(17(24-4)21(2)20-12)10-18-11-16(22)19-9-13-5-7-14(23-3)8-6-13;/h5-8,18H,9-11H2,1-4H3,(H,19,22);1H. The third-order valence-corrected chi connectivity index (χ3v) is 3.72. The van der Waals surface area contributed by atoms with Crippen molar-refractivity contribution in [2.75, 3.05) is 20.8 Å². The average Bonchev–Trinajstić information content (AvgIpc) is 2.86. The fourth-order valence-corrected chi connectivity index (χ4v) is 2.45. The van der Waals surface area contributed by atoms with E-state index >= 15 is 0 Å². The predicted molar refractivity (Wildman–Crippen MR) is 98.3 cm³/mol. The van der Waals surface area contributed by atoms with Gasteiger partial charge in [-0.15, -0.1) is 12.4 Å². The number of methoxy groups -OCH3 is 2. The van der Waals surface area contributed by atoms with Crippen LogP contribution in [0.4, 0.5) is 0 Å². The zero-order chi connectivity index (χ0) is 17.5. The van der Waals surface area contributed by atoms with Gasteiger partial charge < -0.3 is 20.1 Å². The van der Waals surface area contributed by atoms with E-state index < -0.39 is 0 Å². The molecule has 0 bridgehead atoms. The van der Waals surface area contributed by atoms with Crippen molar-refractivity contribution in [2.45, 2.75) is 20.0 Å². The fraction of sp³-hybridized carbons (Fsp3) is 0.412. The van der Waals surface area contributed by atoms with Crippen LogP contribution in [0.3, 0.4) is 0 Å². The number of carbonyl (C=O) groups is 1. The summed E-state index contributed by atoms with van der Waals surface area (Å²) in [5.41, 5.74) is 2.87. The molecule has 0 atom stereocenters. The molecule has 2 rings (SSSR count). The van der Waals surface area contributed by atoms with Crippen LogP contribution < -0.4 is 20.1 Å². The number of benzene rings is 1. The molecule has 2 N–H and O–H groups in total. The summed E-state index contributed by atoms with van der Waals surface area (Å²) in [5, 5.41) is 10.3. The van der Waals surface area contributed by atoms with Gasteiger partial charge in [0.05, 0.1) is 32.0 Å². The second-order valence-corrected chi connectivity index (χ2v) is 5.43. The van der Waals surface area contributed by atoms with Gasteiger partial charge in [-0.1, -0.05) is 12.1 Å². The van der Waals surface area contributed by atoms with Gasteiger partial charge in [0.1, 0.15) is 5.75 Å². The Labute approximate surface area is 154 Å². The van der Waals surface area contributed by atoms with Crippen LogP contribution in [0.15, 0.2) is 24.3 Å². The fourth-order valence-electron chi connectivity index (χ4n) is 2.45. The summed E-state index contributed by atoms with van der Waals surface area (Å²) in [6.45, 7) is 3.16. The molecule has 2 aromatic rings. The molecule has 0 unspecified atom stereocenters. The van der Waals surface area contributed by atoms with Crippen molar-refractivity contribution in [3.63, 3.8) is 0 Å². The van der Waals surface area contributed by atoms with Crippen molar-refractivity contribution in [3.05, 3.63) is 41.1 Å². The lowest BCUT2D eigenvalue weighted by atomic mass is 10.2. The lowest BCUT2D eigenvalue weighted by Crippen LogP contribution is -2.33. The highest BCUT2D eigenvalue weighted by Gasteiger charge is 2.13. The number of aryl methyl sites for hydroxylation is 2. The highest BCUT2D eigenvalue weighted by Crippen LogP contribution is 2.20. The van der Waals surface area contributed by atoms with Crippen LogP contribution in [0.25, 0.3) is 0 Å². The van der Waals surface area contributed by atoms with Gasteiger partial charge in [-0.2, -0.15) is 5.10 Å².